The molecular weight excluding hydrogens is 302 g/mol. The first kappa shape index (κ1) is 15.9. The van der Waals surface area contributed by atoms with Crippen LogP contribution in [0.5, 0.6) is 11.6 Å². The molecule has 7 nitrogen and oxygen atoms in total. The number of benzene rings is 1. The number of nitrogens with zero attached hydrogens (tertiary/aromatic N) is 4. The molecule has 0 radical (unpaired) electrons. The average molecular weight is 319 g/mol. The minimum atomic E-state index is 0.0949. The molecule has 0 saturated carbocycles. The van der Waals surface area contributed by atoms with Crippen molar-refractivity contribution < 1.29 is 9.47 Å². The number of ether oxygens (including phenoxy) is 2. The largest absolute Gasteiger partial charge is 0.497 e. The zero-order valence-corrected chi connectivity index (χ0v) is 13.4. The van der Waals surface area contributed by atoms with Gasteiger partial charge in [-0.15, -0.1) is 5.11 Å². The van der Waals surface area contributed by atoms with Crippen molar-refractivity contribution in [2.75, 3.05) is 13.7 Å². The summed E-state index contributed by atoms with van der Waals surface area (Å²) in [5.41, 5.74) is 7.46. The lowest BCUT2D eigenvalue weighted by molar-refractivity contribution is 0.320. The third kappa shape index (κ3) is 3.40. The first-order chi connectivity index (χ1) is 10.6. The van der Waals surface area contributed by atoms with Gasteiger partial charge in [-0.3, -0.25) is 0 Å². The third-order valence-electron chi connectivity index (χ3n) is 2.82. The van der Waals surface area contributed by atoms with Gasteiger partial charge >= 0.3 is 0 Å². The zero-order valence-electron chi connectivity index (χ0n) is 12.6. The van der Waals surface area contributed by atoms with Crippen LogP contribution in [0.25, 0.3) is 0 Å². The molecule has 0 aliphatic heterocycles. The number of azo groups is 1. The van der Waals surface area contributed by atoms with Gasteiger partial charge in [-0.05, 0) is 50.3 Å². The molecule has 0 atom stereocenters. The number of aromatic nitrogens is 2. The second-order valence-electron chi connectivity index (χ2n) is 4.32. The van der Waals surface area contributed by atoms with Gasteiger partial charge in [-0.1, -0.05) is 0 Å². The van der Waals surface area contributed by atoms with Gasteiger partial charge in [-0.2, -0.15) is 14.9 Å². The van der Waals surface area contributed by atoms with Crippen LogP contribution in [0.4, 0.5) is 11.4 Å². The van der Waals surface area contributed by atoms with Crippen LogP contribution in [-0.2, 0) is 0 Å². The maximum absolute atomic E-state index is 5.63. The maximum Gasteiger partial charge on any atom is 0.247 e. The number of nitrogens with two attached hydrogens (primary N) is 1. The van der Waals surface area contributed by atoms with E-state index in [1.165, 1.54) is 4.68 Å². The Bertz CT molecular complexity index is 694. The fourth-order valence-corrected chi connectivity index (χ4v) is 1.91. The number of thiocarbonyl (C=S) groups is 1. The summed E-state index contributed by atoms with van der Waals surface area (Å²) < 4.78 is 12.0. The normalized spacial score (nSPS) is 10.9. The molecular formula is C14H17N5O2S. The van der Waals surface area contributed by atoms with Crippen molar-refractivity contribution in [1.82, 2.24) is 9.78 Å². The van der Waals surface area contributed by atoms with Gasteiger partial charge in [0.1, 0.15) is 5.75 Å². The molecule has 1 aromatic carbocycles. The Balaban J connectivity index is 2.34. The minimum absolute atomic E-state index is 0.0949. The van der Waals surface area contributed by atoms with Crippen molar-refractivity contribution in [2.45, 2.75) is 13.8 Å². The second kappa shape index (κ2) is 6.99. The van der Waals surface area contributed by atoms with Gasteiger partial charge in [0.2, 0.25) is 5.88 Å². The topological polar surface area (TPSA) is 87.0 Å². The Morgan fingerprint density at radius 3 is 2.55 bits per heavy atom. The van der Waals surface area contributed by atoms with Crippen LogP contribution >= 0.6 is 12.2 Å². The van der Waals surface area contributed by atoms with Crippen LogP contribution in [0, 0.1) is 6.92 Å². The van der Waals surface area contributed by atoms with Gasteiger partial charge < -0.3 is 15.2 Å². The number of hydrogen-bond donors (Lipinski definition) is 1. The highest BCUT2D eigenvalue weighted by Gasteiger charge is 2.18. The summed E-state index contributed by atoms with van der Waals surface area (Å²) in [6, 6.07) is 7.22. The number of methoxy groups -OCH3 is 1. The number of aryl methyl sites for hydroxylation is 1. The highest BCUT2D eigenvalue weighted by atomic mass is 32.1. The van der Waals surface area contributed by atoms with E-state index < -0.39 is 0 Å². The molecule has 2 aromatic rings. The van der Waals surface area contributed by atoms with Crippen LogP contribution in [0.2, 0.25) is 0 Å². The van der Waals surface area contributed by atoms with E-state index in [4.69, 9.17) is 27.4 Å². The SMILES string of the molecule is CCOc1c(N=Nc2ccc(OC)cc2)c(C)nn1C(N)=S. The van der Waals surface area contributed by atoms with Gasteiger partial charge in [-0.25, -0.2) is 0 Å². The Morgan fingerprint density at radius 1 is 1.32 bits per heavy atom. The van der Waals surface area contributed by atoms with Crippen molar-refractivity contribution >= 4 is 28.7 Å². The summed E-state index contributed by atoms with van der Waals surface area (Å²) in [4.78, 5) is 0. The molecule has 22 heavy (non-hydrogen) atoms. The van der Waals surface area contributed by atoms with Crippen molar-refractivity contribution in [3.8, 4) is 11.6 Å². The molecule has 1 heterocycles. The van der Waals surface area contributed by atoms with E-state index in [1.807, 2.05) is 19.1 Å². The summed E-state index contributed by atoms with van der Waals surface area (Å²) in [6.45, 7) is 4.09. The van der Waals surface area contributed by atoms with Gasteiger partial charge in [0.05, 0.1) is 25.1 Å². The summed E-state index contributed by atoms with van der Waals surface area (Å²) in [5, 5.41) is 12.7. The molecule has 2 N–H and O–H groups in total. The minimum Gasteiger partial charge on any atom is -0.497 e. The molecule has 0 unspecified atom stereocenters. The quantitative estimate of drug-likeness (QED) is 0.676. The average Bonchev–Trinajstić information content (AvgIpc) is 2.82. The standard InChI is InChI=1S/C14H17N5O2S/c1-4-21-13-12(9(2)18-19(13)14(15)22)17-16-10-5-7-11(20-3)8-6-10/h5-8H,4H2,1-3H3,(H2,15,22). The molecule has 116 valence electrons. The predicted molar refractivity (Wildman–Crippen MR) is 87.5 cm³/mol. The Hall–Kier alpha value is -2.48. The molecule has 2 rings (SSSR count). The highest BCUT2D eigenvalue weighted by Crippen LogP contribution is 2.32. The molecule has 0 aliphatic rings. The number of rotatable bonds is 5. The molecule has 1 aromatic heterocycles. The first-order valence-corrected chi connectivity index (χ1v) is 7.05. The second-order valence-corrected chi connectivity index (χ2v) is 4.74. The Kier molecular flexibility index (Phi) is 5.05. The van der Waals surface area contributed by atoms with Gasteiger partial charge in [0.25, 0.3) is 0 Å². The van der Waals surface area contributed by atoms with E-state index in [1.54, 1.807) is 26.2 Å². The Labute approximate surface area is 133 Å². The number of hydrogen-bond acceptors (Lipinski definition) is 6. The molecule has 0 bridgehead atoms. The first-order valence-electron chi connectivity index (χ1n) is 6.64. The molecule has 0 amide bonds. The van der Waals surface area contributed by atoms with Crippen LogP contribution in [0.3, 0.4) is 0 Å². The van der Waals surface area contributed by atoms with Crippen LogP contribution < -0.4 is 15.2 Å². The van der Waals surface area contributed by atoms with E-state index >= 15 is 0 Å². The summed E-state index contributed by atoms with van der Waals surface area (Å²) in [7, 11) is 1.61. The molecule has 0 saturated heterocycles. The van der Waals surface area contributed by atoms with Crippen molar-refractivity contribution in [3.05, 3.63) is 30.0 Å². The third-order valence-corrected chi connectivity index (χ3v) is 2.99. The monoisotopic (exact) mass is 319 g/mol. The van der Waals surface area contributed by atoms with E-state index in [9.17, 15) is 0 Å². The van der Waals surface area contributed by atoms with E-state index in [2.05, 4.69) is 15.3 Å². The van der Waals surface area contributed by atoms with Gasteiger partial charge in [0.15, 0.2) is 10.8 Å². The summed E-state index contributed by atoms with van der Waals surface area (Å²) in [6.07, 6.45) is 0. The zero-order chi connectivity index (χ0) is 16.1. The van der Waals surface area contributed by atoms with E-state index in [0.29, 0.717) is 29.6 Å². The lowest BCUT2D eigenvalue weighted by atomic mass is 10.3. The van der Waals surface area contributed by atoms with Crippen LogP contribution in [0.15, 0.2) is 34.5 Å². The van der Waals surface area contributed by atoms with Crippen LogP contribution in [0.1, 0.15) is 12.6 Å². The predicted octanol–water partition coefficient (Wildman–Crippen LogP) is 3.11. The van der Waals surface area contributed by atoms with Gasteiger partial charge in [0, 0.05) is 0 Å². The summed E-state index contributed by atoms with van der Waals surface area (Å²) >= 11 is 4.95. The van der Waals surface area contributed by atoms with Crippen LogP contribution in [-0.4, -0.2) is 28.6 Å². The fraction of sp³-hybridized carbons (Fsp3) is 0.286. The lowest BCUT2D eigenvalue weighted by Crippen LogP contribution is -2.21. The Morgan fingerprint density at radius 2 is 2.00 bits per heavy atom. The van der Waals surface area contributed by atoms with E-state index in [0.717, 1.165) is 5.75 Å². The highest BCUT2D eigenvalue weighted by molar-refractivity contribution is 7.80. The fourth-order valence-electron chi connectivity index (χ4n) is 1.79. The lowest BCUT2D eigenvalue weighted by Gasteiger charge is -2.05. The van der Waals surface area contributed by atoms with E-state index in [-0.39, 0.29) is 5.11 Å². The smallest absolute Gasteiger partial charge is 0.247 e. The maximum atomic E-state index is 5.63. The molecule has 0 fully saturated rings. The van der Waals surface area contributed by atoms with Crippen molar-refractivity contribution in [1.29, 1.82) is 0 Å². The molecule has 0 aliphatic carbocycles. The molecule has 8 heteroatoms. The summed E-state index contributed by atoms with van der Waals surface area (Å²) in [5.74, 6) is 1.15. The molecule has 0 spiro atoms. The van der Waals surface area contributed by atoms with Crippen molar-refractivity contribution in [2.24, 2.45) is 16.0 Å². The van der Waals surface area contributed by atoms with Crippen molar-refractivity contribution in [3.63, 3.8) is 0 Å².